The molecular weight excluding hydrogens is 493 g/mol. The summed E-state index contributed by atoms with van der Waals surface area (Å²) in [5.41, 5.74) is 5.08. The second kappa shape index (κ2) is 11.2. The van der Waals surface area contributed by atoms with Gasteiger partial charge in [-0.25, -0.2) is 24.1 Å². The zero-order valence-electron chi connectivity index (χ0n) is 20.4. The number of fused-ring (bicyclic) bond motifs is 1. The summed E-state index contributed by atoms with van der Waals surface area (Å²) in [6.07, 6.45) is 5.43. The Morgan fingerprint density at radius 2 is 2.05 bits per heavy atom. The summed E-state index contributed by atoms with van der Waals surface area (Å²) in [5.74, 6) is 0.571. The number of rotatable bonds is 8. The van der Waals surface area contributed by atoms with Crippen LogP contribution in [-0.4, -0.2) is 68.4 Å². The highest BCUT2D eigenvalue weighted by atomic mass is 32.1. The molecule has 1 atom stereocenters. The first-order valence-corrected chi connectivity index (χ1v) is 13.1. The van der Waals surface area contributed by atoms with Crippen LogP contribution in [0.15, 0.2) is 42.9 Å². The van der Waals surface area contributed by atoms with Crippen molar-refractivity contribution in [3.63, 3.8) is 0 Å². The Bertz CT molecular complexity index is 1400. The molecule has 4 aromatic rings. The van der Waals surface area contributed by atoms with Gasteiger partial charge < -0.3 is 10.4 Å². The highest BCUT2D eigenvalue weighted by molar-refractivity contribution is 7.22. The van der Waals surface area contributed by atoms with E-state index in [4.69, 9.17) is 5.11 Å². The van der Waals surface area contributed by atoms with Gasteiger partial charge in [-0.05, 0) is 48.7 Å². The lowest BCUT2D eigenvalue weighted by atomic mass is 10.0. The van der Waals surface area contributed by atoms with Crippen LogP contribution in [0.4, 0.5) is 14.3 Å². The van der Waals surface area contributed by atoms with E-state index < -0.39 is 6.17 Å². The van der Waals surface area contributed by atoms with Crippen molar-refractivity contribution >= 4 is 32.7 Å². The molecule has 1 aliphatic heterocycles. The maximum absolute atomic E-state index is 13.7. The van der Waals surface area contributed by atoms with Crippen molar-refractivity contribution in [3.05, 3.63) is 54.2 Å². The number of pyridine rings is 1. The van der Waals surface area contributed by atoms with Crippen molar-refractivity contribution in [3.8, 4) is 22.4 Å². The fourth-order valence-electron chi connectivity index (χ4n) is 4.39. The number of aromatic nitrogens is 4. The number of likely N-dealkylation sites (tertiary alicyclic amines) is 1. The highest BCUT2D eigenvalue weighted by Crippen LogP contribution is 2.38. The van der Waals surface area contributed by atoms with Gasteiger partial charge in [0.05, 0.1) is 22.5 Å². The first-order chi connectivity index (χ1) is 18.0. The largest absolute Gasteiger partial charge is 0.396 e. The van der Waals surface area contributed by atoms with E-state index in [0.29, 0.717) is 43.4 Å². The lowest BCUT2D eigenvalue weighted by Crippen LogP contribution is -2.28. The molecule has 2 amide bonds. The molecule has 0 spiro atoms. The van der Waals surface area contributed by atoms with E-state index in [0.717, 1.165) is 44.7 Å². The molecule has 11 heteroatoms. The van der Waals surface area contributed by atoms with Gasteiger partial charge in [0.25, 0.3) is 0 Å². The van der Waals surface area contributed by atoms with E-state index in [1.165, 1.54) is 11.3 Å². The molecule has 3 N–H and O–H groups in total. The number of aliphatic hydroxyl groups excluding tert-OH is 1. The van der Waals surface area contributed by atoms with Crippen LogP contribution in [-0.2, 0) is 13.0 Å². The minimum absolute atomic E-state index is 0.0128. The minimum atomic E-state index is -0.767. The molecule has 9 nitrogen and oxygen atoms in total. The fraction of sp³-hybridized carbons (Fsp3) is 0.346. The molecule has 0 aliphatic carbocycles. The lowest BCUT2D eigenvalue weighted by molar-refractivity contribution is 0.252. The summed E-state index contributed by atoms with van der Waals surface area (Å²) in [6.45, 7) is 4.20. The third kappa shape index (κ3) is 5.90. The van der Waals surface area contributed by atoms with Crippen LogP contribution in [0.1, 0.15) is 24.7 Å². The molecule has 4 heterocycles. The highest BCUT2D eigenvalue weighted by Gasteiger charge is 2.22. The van der Waals surface area contributed by atoms with Gasteiger partial charge in [0.2, 0.25) is 0 Å². The normalized spacial score (nSPS) is 15.8. The zero-order valence-corrected chi connectivity index (χ0v) is 21.3. The standard InChI is InChI=1S/C26H28FN7O2S/c1-2-28-25(36)33-26-32-22-11-17(18-12-30-23(5-8-35)31-13-18)10-20(24(22)37-26)21-9-16(3-6-29-21)14-34-7-4-19(27)15-34/h3,6,9-13,19,35H,2,4-5,7-8,14-15H2,1H3,(H2,28,32,33,36)/t19-/m0/s1. The molecule has 0 unspecified atom stereocenters. The number of aliphatic hydroxyl groups is 1. The Kier molecular flexibility index (Phi) is 7.63. The number of nitrogens with one attached hydrogen (secondary N) is 2. The van der Waals surface area contributed by atoms with E-state index in [1.54, 1.807) is 18.6 Å². The van der Waals surface area contributed by atoms with E-state index >= 15 is 0 Å². The third-order valence-electron chi connectivity index (χ3n) is 6.14. The van der Waals surface area contributed by atoms with E-state index in [1.807, 2.05) is 31.2 Å². The van der Waals surface area contributed by atoms with Crippen molar-refractivity contribution in [2.75, 3.05) is 31.6 Å². The van der Waals surface area contributed by atoms with Crippen molar-refractivity contribution in [1.82, 2.24) is 30.2 Å². The van der Waals surface area contributed by atoms with Crippen molar-refractivity contribution in [2.45, 2.75) is 32.5 Å². The molecule has 1 aliphatic rings. The van der Waals surface area contributed by atoms with E-state index in [2.05, 4.69) is 35.5 Å². The summed E-state index contributed by atoms with van der Waals surface area (Å²) in [4.78, 5) is 32.3. The fourth-order valence-corrected chi connectivity index (χ4v) is 5.35. The van der Waals surface area contributed by atoms with Crippen LogP contribution in [0.3, 0.4) is 0 Å². The number of anilines is 1. The first kappa shape index (κ1) is 25.1. The molecule has 0 bridgehead atoms. The van der Waals surface area contributed by atoms with Crippen molar-refractivity contribution in [2.24, 2.45) is 0 Å². The molecule has 3 aromatic heterocycles. The number of hydrogen-bond donors (Lipinski definition) is 3. The molecule has 0 radical (unpaired) electrons. The van der Waals surface area contributed by atoms with Gasteiger partial charge in [0, 0.05) is 62.3 Å². The topological polar surface area (TPSA) is 116 Å². The number of carbonyl (C=O) groups excluding carboxylic acids is 1. The van der Waals surface area contributed by atoms with Crippen LogP contribution in [0.25, 0.3) is 32.6 Å². The number of benzene rings is 1. The molecule has 0 saturated carbocycles. The van der Waals surface area contributed by atoms with Gasteiger partial charge in [-0.2, -0.15) is 0 Å². The molecule has 1 fully saturated rings. The quantitative estimate of drug-likeness (QED) is 0.321. The molecule has 192 valence electrons. The maximum Gasteiger partial charge on any atom is 0.321 e. The van der Waals surface area contributed by atoms with Crippen LogP contribution in [0.2, 0.25) is 0 Å². The van der Waals surface area contributed by atoms with Crippen molar-refractivity contribution < 1.29 is 14.3 Å². The molecule has 1 saturated heterocycles. The Hall–Kier alpha value is -3.54. The number of thiazole rings is 1. The van der Waals surface area contributed by atoms with Crippen LogP contribution in [0, 0.1) is 0 Å². The maximum atomic E-state index is 13.7. The average Bonchev–Trinajstić information content (AvgIpc) is 3.49. The van der Waals surface area contributed by atoms with Gasteiger partial charge in [-0.15, -0.1) is 0 Å². The molecule has 37 heavy (non-hydrogen) atoms. The Labute approximate surface area is 217 Å². The van der Waals surface area contributed by atoms with Crippen LogP contribution >= 0.6 is 11.3 Å². The minimum Gasteiger partial charge on any atom is -0.396 e. The second-order valence-electron chi connectivity index (χ2n) is 8.91. The number of amides is 2. The summed E-state index contributed by atoms with van der Waals surface area (Å²) in [6, 6.07) is 7.65. The smallest absolute Gasteiger partial charge is 0.321 e. The SMILES string of the molecule is CCNC(=O)Nc1nc2cc(-c3cnc(CCO)nc3)cc(-c3cc(CN4CC[C@H](F)C4)ccn3)c2s1. The summed E-state index contributed by atoms with van der Waals surface area (Å²) >= 11 is 1.38. The number of urea groups is 1. The average molecular weight is 522 g/mol. The van der Waals surface area contributed by atoms with Gasteiger partial charge in [0.1, 0.15) is 12.0 Å². The Morgan fingerprint density at radius 3 is 2.78 bits per heavy atom. The third-order valence-corrected chi connectivity index (χ3v) is 7.16. The summed E-state index contributed by atoms with van der Waals surface area (Å²) in [5, 5.41) is 15.2. The zero-order chi connectivity index (χ0) is 25.8. The van der Waals surface area contributed by atoms with Gasteiger partial charge in [0.15, 0.2) is 5.13 Å². The summed E-state index contributed by atoms with van der Waals surface area (Å²) < 4.78 is 14.6. The number of nitrogens with zero attached hydrogens (tertiary/aromatic N) is 5. The number of halogens is 1. The molecular formula is C26H28FN7O2S. The van der Waals surface area contributed by atoms with Crippen LogP contribution < -0.4 is 10.6 Å². The monoisotopic (exact) mass is 521 g/mol. The predicted octanol–water partition coefficient (Wildman–Crippen LogP) is 4.04. The lowest BCUT2D eigenvalue weighted by Gasteiger charge is -2.15. The van der Waals surface area contributed by atoms with Gasteiger partial charge in [-0.3, -0.25) is 15.2 Å². The predicted molar refractivity (Wildman–Crippen MR) is 142 cm³/mol. The molecule has 5 rings (SSSR count). The Balaban J connectivity index is 1.55. The van der Waals surface area contributed by atoms with Crippen LogP contribution in [0.5, 0.6) is 0 Å². The van der Waals surface area contributed by atoms with Crippen molar-refractivity contribution in [1.29, 1.82) is 0 Å². The molecule has 1 aromatic carbocycles. The van der Waals surface area contributed by atoms with Gasteiger partial charge in [-0.1, -0.05) is 11.3 Å². The number of alkyl halides is 1. The first-order valence-electron chi connectivity index (χ1n) is 12.3. The van der Waals surface area contributed by atoms with E-state index in [9.17, 15) is 9.18 Å². The van der Waals surface area contributed by atoms with Gasteiger partial charge >= 0.3 is 6.03 Å². The number of hydrogen-bond acceptors (Lipinski definition) is 8. The Morgan fingerprint density at radius 1 is 1.22 bits per heavy atom. The summed E-state index contributed by atoms with van der Waals surface area (Å²) in [7, 11) is 0. The van der Waals surface area contributed by atoms with E-state index in [-0.39, 0.29) is 12.6 Å². The second-order valence-corrected chi connectivity index (χ2v) is 9.91. The number of carbonyl (C=O) groups is 1.